The van der Waals surface area contributed by atoms with E-state index in [9.17, 15) is 0 Å². The summed E-state index contributed by atoms with van der Waals surface area (Å²) in [7, 11) is 1.86. The van der Waals surface area contributed by atoms with E-state index < -0.39 is 0 Å². The summed E-state index contributed by atoms with van der Waals surface area (Å²) in [6, 6.07) is 9.41. The quantitative estimate of drug-likeness (QED) is 0.779. The summed E-state index contributed by atoms with van der Waals surface area (Å²) in [5.41, 5.74) is 4.67. The van der Waals surface area contributed by atoms with Gasteiger partial charge in [0.2, 0.25) is 0 Å². The third kappa shape index (κ3) is 1.62. The molecule has 0 N–H and O–H groups in total. The van der Waals surface area contributed by atoms with Gasteiger partial charge in [0.05, 0.1) is 11.6 Å². The van der Waals surface area contributed by atoms with Gasteiger partial charge in [-0.2, -0.15) is 0 Å². The lowest BCUT2D eigenvalue weighted by Crippen LogP contribution is -2.51. The van der Waals surface area contributed by atoms with Gasteiger partial charge in [0, 0.05) is 43.1 Å². The first-order valence-electron chi connectivity index (χ1n) is 8.85. The molecule has 0 aliphatic carbocycles. The van der Waals surface area contributed by atoms with Gasteiger partial charge in [0.25, 0.3) is 0 Å². The van der Waals surface area contributed by atoms with E-state index in [0.29, 0.717) is 6.04 Å². The van der Waals surface area contributed by atoms with Crippen molar-refractivity contribution in [3.8, 4) is 0 Å². The van der Waals surface area contributed by atoms with Crippen molar-refractivity contribution in [2.45, 2.75) is 38.5 Å². The maximum atomic E-state index is 5.98. The Balaban J connectivity index is 1.87. The van der Waals surface area contributed by atoms with Gasteiger partial charge in [-0.25, -0.2) is 0 Å². The summed E-state index contributed by atoms with van der Waals surface area (Å²) < 4.78 is 8.49. The molecule has 0 fully saturated rings. The number of hydrogen-bond acceptors (Lipinski definition) is 2. The Morgan fingerprint density at radius 2 is 2.17 bits per heavy atom. The summed E-state index contributed by atoms with van der Waals surface area (Å²) in [5.74, 6) is 0. The molecule has 0 bridgehead atoms. The number of ether oxygens (including phenoxy) is 1. The van der Waals surface area contributed by atoms with E-state index >= 15 is 0 Å². The van der Waals surface area contributed by atoms with Gasteiger partial charge in [-0.3, -0.25) is 4.90 Å². The zero-order valence-electron chi connectivity index (χ0n) is 14.0. The lowest BCUT2D eigenvalue weighted by Gasteiger charge is -2.54. The Morgan fingerprint density at radius 3 is 3.00 bits per heavy atom. The zero-order chi connectivity index (χ0) is 15.6. The highest BCUT2D eigenvalue weighted by Crippen LogP contribution is 2.57. The number of rotatable bonds is 2. The maximum Gasteiger partial charge on any atom is 0.134 e. The Hall–Kier alpha value is -1.58. The zero-order valence-corrected chi connectivity index (χ0v) is 14.0. The summed E-state index contributed by atoms with van der Waals surface area (Å²) in [4.78, 5) is 2.69. The first-order chi connectivity index (χ1) is 11.3. The van der Waals surface area contributed by atoms with Crippen molar-refractivity contribution < 1.29 is 4.74 Å². The van der Waals surface area contributed by atoms with Crippen LogP contribution in [0.15, 0.2) is 36.4 Å². The van der Waals surface area contributed by atoms with Crippen molar-refractivity contribution in [1.29, 1.82) is 0 Å². The summed E-state index contributed by atoms with van der Waals surface area (Å²) >= 11 is 0. The van der Waals surface area contributed by atoms with Crippen LogP contribution in [0.25, 0.3) is 10.9 Å². The van der Waals surface area contributed by atoms with Gasteiger partial charge in [-0.1, -0.05) is 37.3 Å². The first-order valence-corrected chi connectivity index (χ1v) is 8.85. The first kappa shape index (κ1) is 13.8. The highest BCUT2D eigenvalue weighted by Gasteiger charge is 2.51. The van der Waals surface area contributed by atoms with Crippen LogP contribution in [-0.4, -0.2) is 29.7 Å². The van der Waals surface area contributed by atoms with Crippen LogP contribution in [0.5, 0.6) is 0 Å². The predicted octanol–water partition coefficient (Wildman–Crippen LogP) is 4.06. The SMILES string of the molecule is CC[C@@]12C=CCN3CCc4c(n(c5ccccc45)[C@H](OC)C1)[C@H]32. The van der Waals surface area contributed by atoms with Crippen LogP contribution in [-0.2, 0) is 11.2 Å². The lowest BCUT2D eigenvalue weighted by atomic mass is 9.67. The number of methoxy groups -OCH3 is 1. The van der Waals surface area contributed by atoms with Gasteiger partial charge >= 0.3 is 0 Å². The van der Waals surface area contributed by atoms with E-state index in [1.54, 1.807) is 5.56 Å². The molecular weight excluding hydrogens is 284 g/mol. The van der Waals surface area contributed by atoms with Crippen molar-refractivity contribution in [1.82, 2.24) is 9.47 Å². The number of nitrogens with zero attached hydrogens (tertiary/aromatic N) is 2. The van der Waals surface area contributed by atoms with Crippen molar-refractivity contribution in [2.75, 3.05) is 20.2 Å². The van der Waals surface area contributed by atoms with Gasteiger partial charge in [0.1, 0.15) is 6.23 Å². The third-order valence-corrected chi connectivity index (χ3v) is 6.44. The average Bonchev–Trinajstić information content (AvgIpc) is 2.95. The van der Waals surface area contributed by atoms with E-state index in [2.05, 4.69) is 52.8 Å². The van der Waals surface area contributed by atoms with E-state index in [4.69, 9.17) is 4.74 Å². The van der Waals surface area contributed by atoms with Crippen molar-refractivity contribution in [3.05, 3.63) is 47.7 Å². The average molecular weight is 308 g/mol. The fourth-order valence-corrected chi connectivity index (χ4v) is 5.37. The number of para-hydroxylation sites is 1. The molecule has 120 valence electrons. The largest absolute Gasteiger partial charge is 0.361 e. The maximum absolute atomic E-state index is 5.98. The highest BCUT2D eigenvalue weighted by molar-refractivity contribution is 5.86. The molecule has 1 aromatic carbocycles. The number of fused-ring (bicyclic) bond motifs is 3. The minimum Gasteiger partial charge on any atom is -0.361 e. The molecule has 0 amide bonds. The summed E-state index contributed by atoms with van der Waals surface area (Å²) in [6.45, 7) is 4.60. The normalized spacial score (nSPS) is 32.3. The van der Waals surface area contributed by atoms with Gasteiger partial charge in [-0.15, -0.1) is 0 Å². The Labute approximate surface area is 137 Å². The molecule has 3 nitrogen and oxygen atoms in total. The van der Waals surface area contributed by atoms with Crippen LogP contribution in [0.4, 0.5) is 0 Å². The van der Waals surface area contributed by atoms with E-state index in [-0.39, 0.29) is 11.6 Å². The highest BCUT2D eigenvalue weighted by atomic mass is 16.5. The van der Waals surface area contributed by atoms with E-state index in [1.165, 1.54) is 29.6 Å². The van der Waals surface area contributed by atoms with Crippen LogP contribution in [0.3, 0.4) is 0 Å². The van der Waals surface area contributed by atoms with Crippen LogP contribution in [0, 0.1) is 5.41 Å². The van der Waals surface area contributed by atoms with Crippen LogP contribution in [0.2, 0.25) is 0 Å². The molecule has 3 aliphatic heterocycles. The second kappa shape index (κ2) is 4.71. The Bertz CT molecular complexity index is 805. The van der Waals surface area contributed by atoms with Crippen molar-refractivity contribution >= 4 is 10.9 Å². The third-order valence-electron chi connectivity index (χ3n) is 6.44. The molecule has 1 aromatic heterocycles. The van der Waals surface area contributed by atoms with Crippen molar-refractivity contribution in [2.24, 2.45) is 5.41 Å². The molecule has 3 atom stereocenters. The fourth-order valence-electron chi connectivity index (χ4n) is 5.37. The summed E-state index contributed by atoms with van der Waals surface area (Å²) in [5, 5.41) is 1.44. The molecule has 0 saturated heterocycles. The molecule has 4 heterocycles. The molecule has 0 radical (unpaired) electrons. The van der Waals surface area contributed by atoms with Gasteiger partial charge < -0.3 is 9.30 Å². The fraction of sp³-hybridized carbons (Fsp3) is 0.500. The van der Waals surface area contributed by atoms with Crippen LogP contribution in [0.1, 0.15) is 43.3 Å². The number of aromatic nitrogens is 1. The van der Waals surface area contributed by atoms with Crippen LogP contribution < -0.4 is 0 Å². The topological polar surface area (TPSA) is 17.4 Å². The molecular formula is C20H24N2O. The molecule has 3 heteroatoms. The Kier molecular flexibility index (Phi) is 2.83. The standard InChI is InChI=1S/C20H24N2O/c1-3-20-10-6-11-21-12-9-15-14-7-4-5-8-16(14)22(17(13-20)23-2)18(15)19(20)21/h4-8,10,17,19H,3,9,11-13H2,1-2H3/t17-,19+,20-/m1/s1. The van der Waals surface area contributed by atoms with Gasteiger partial charge in [-0.05, 0) is 24.5 Å². The number of hydrogen-bond donors (Lipinski definition) is 0. The molecule has 0 saturated carbocycles. The lowest BCUT2D eigenvalue weighted by molar-refractivity contribution is -0.0530. The molecule has 2 aromatic rings. The minimum atomic E-state index is 0.141. The molecule has 0 unspecified atom stereocenters. The molecule has 0 spiro atoms. The van der Waals surface area contributed by atoms with Crippen LogP contribution >= 0.6 is 0 Å². The monoisotopic (exact) mass is 308 g/mol. The molecule has 3 aliphatic rings. The van der Waals surface area contributed by atoms with Gasteiger partial charge in [0.15, 0.2) is 0 Å². The molecule has 5 rings (SSSR count). The second-order valence-electron chi connectivity index (χ2n) is 7.28. The molecule has 23 heavy (non-hydrogen) atoms. The summed E-state index contributed by atoms with van der Waals surface area (Å²) in [6.07, 6.45) is 8.42. The van der Waals surface area contributed by atoms with E-state index in [0.717, 1.165) is 19.4 Å². The number of benzene rings is 1. The minimum absolute atomic E-state index is 0.141. The second-order valence-corrected chi connectivity index (χ2v) is 7.28. The smallest absolute Gasteiger partial charge is 0.134 e. The Morgan fingerprint density at radius 1 is 1.30 bits per heavy atom. The van der Waals surface area contributed by atoms with E-state index in [1.807, 2.05) is 7.11 Å². The van der Waals surface area contributed by atoms with Crippen molar-refractivity contribution in [3.63, 3.8) is 0 Å². The predicted molar refractivity (Wildman–Crippen MR) is 92.5 cm³/mol.